The summed E-state index contributed by atoms with van der Waals surface area (Å²) in [6.45, 7) is 3.64. The van der Waals surface area contributed by atoms with E-state index in [1.165, 1.54) is 24.3 Å². The van der Waals surface area contributed by atoms with Gasteiger partial charge in [-0.2, -0.15) is 0 Å². The van der Waals surface area contributed by atoms with Crippen LogP contribution in [-0.4, -0.2) is 10.0 Å². The van der Waals surface area contributed by atoms with Crippen molar-refractivity contribution in [2.75, 3.05) is 0 Å². The molecule has 0 bridgehead atoms. The fourth-order valence-electron chi connectivity index (χ4n) is 1.64. The Bertz CT molecular complexity index is 814. The highest BCUT2D eigenvalue weighted by atomic mass is 32.1. The van der Waals surface area contributed by atoms with Crippen molar-refractivity contribution in [3.8, 4) is 0 Å². The van der Waals surface area contributed by atoms with Crippen LogP contribution in [0.2, 0.25) is 0 Å². The number of thiocarbonyl (C=S) groups is 1. The largest absolute Gasteiger partial charge is 0.422 e. The van der Waals surface area contributed by atoms with Gasteiger partial charge in [-0.3, -0.25) is 21.0 Å². The highest BCUT2D eigenvalue weighted by molar-refractivity contribution is 7.80. The second-order valence-corrected chi connectivity index (χ2v) is 4.46. The van der Waals surface area contributed by atoms with E-state index in [9.17, 15) is 14.9 Å². The molecular formula is C12H10N4O4S. The lowest BCUT2D eigenvalue weighted by molar-refractivity contribution is -0.384. The molecule has 0 radical (unpaired) electrons. The van der Waals surface area contributed by atoms with E-state index < -0.39 is 10.5 Å². The third-order valence-electron chi connectivity index (χ3n) is 2.59. The lowest BCUT2D eigenvalue weighted by Gasteiger charge is -2.10. The summed E-state index contributed by atoms with van der Waals surface area (Å²) in [4.78, 5) is 22.1. The van der Waals surface area contributed by atoms with Crippen molar-refractivity contribution in [2.24, 2.45) is 5.73 Å². The predicted molar refractivity (Wildman–Crippen MR) is 81.2 cm³/mol. The minimum atomic E-state index is -0.640. The molecule has 8 nitrogen and oxygen atoms in total. The van der Waals surface area contributed by atoms with Gasteiger partial charge in [0, 0.05) is 17.5 Å². The summed E-state index contributed by atoms with van der Waals surface area (Å²) in [6.07, 6.45) is 0. The van der Waals surface area contributed by atoms with Crippen LogP contribution in [0.4, 0.5) is 5.69 Å². The molecule has 0 saturated heterocycles. The van der Waals surface area contributed by atoms with Crippen molar-refractivity contribution >= 4 is 39.7 Å². The number of hydrogen-bond donors (Lipinski definition) is 3. The standard InChI is InChI=1S/C12H10N4O4S/c1-6(14-15-12(13)21)9-5-7-4-8(16(18)19)2-3-10(7)20-11(9)17/h2-5,14H,1H2,(H3,13,15,21). The Kier molecular flexibility index (Phi) is 3.85. The molecule has 0 fully saturated rings. The van der Waals surface area contributed by atoms with E-state index in [0.717, 1.165) is 0 Å². The Balaban J connectivity index is 2.47. The van der Waals surface area contributed by atoms with Gasteiger partial charge in [-0.25, -0.2) is 4.79 Å². The van der Waals surface area contributed by atoms with Crippen molar-refractivity contribution in [1.82, 2.24) is 10.9 Å². The molecule has 0 unspecified atom stereocenters. The van der Waals surface area contributed by atoms with Gasteiger partial charge >= 0.3 is 5.63 Å². The molecule has 1 aromatic heterocycles. The molecule has 0 atom stereocenters. The number of nitrogens with one attached hydrogen (secondary N) is 2. The van der Waals surface area contributed by atoms with E-state index in [1.807, 2.05) is 0 Å². The highest BCUT2D eigenvalue weighted by Crippen LogP contribution is 2.21. The second kappa shape index (κ2) is 5.59. The van der Waals surface area contributed by atoms with Gasteiger partial charge in [0.2, 0.25) is 0 Å². The summed E-state index contributed by atoms with van der Waals surface area (Å²) in [7, 11) is 0. The third kappa shape index (κ3) is 3.15. The topological polar surface area (TPSA) is 123 Å². The van der Waals surface area contributed by atoms with Crippen LogP contribution in [0, 0.1) is 10.1 Å². The number of nitro benzene ring substituents is 1. The Morgan fingerprint density at radius 3 is 2.71 bits per heavy atom. The minimum absolute atomic E-state index is 0.0306. The van der Waals surface area contributed by atoms with E-state index >= 15 is 0 Å². The van der Waals surface area contributed by atoms with Gasteiger partial charge in [-0.15, -0.1) is 0 Å². The van der Waals surface area contributed by atoms with Crippen molar-refractivity contribution in [3.05, 3.63) is 56.9 Å². The zero-order valence-corrected chi connectivity index (χ0v) is 11.4. The van der Waals surface area contributed by atoms with Crippen LogP contribution in [0.3, 0.4) is 0 Å². The molecule has 1 aromatic carbocycles. The minimum Gasteiger partial charge on any atom is -0.422 e. The number of benzene rings is 1. The summed E-state index contributed by atoms with van der Waals surface area (Å²) in [5.74, 6) is 0. The summed E-state index contributed by atoms with van der Waals surface area (Å²) in [5.41, 5.74) is 9.96. The first-order valence-corrected chi connectivity index (χ1v) is 6.02. The quantitative estimate of drug-likeness (QED) is 0.331. The first kappa shape index (κ1) is 14.5. The van der Waals surface area contributed by atoms with Gasteiger partial charge in [-0.1, -0.05) is 6.58 Å². The average Bonchev–Trinajstić information content (AvgIpc) is 2.43. The first-order chi connectivity index (χ1) is 9.88. The fourth-order valence-corrected chi connectivity index (χ4v) is 1.69. The second-order valence-electron chi connectivity index (χ2n) is 4.02. The van der Waals surface area contributed by atoms with Crippen LogP contribution in [0.25, 0.3) is 16.7 Å². The summed E-state index contributed by atoms with van der Waals surface area (Å²) < 4.78 is 5.08. The van der Waals surface area contributed by atoms with Crippen molar-refractivity contribution in [2.45, 2.75) is 0 Å². The van der Waals surface area contributed by atoms with Crippen molar-refractivity contribution < 1.29 is 9.34 Å². The maximum Gasteiger partial charge on any atom is 0.345 e. The van der Waals surface area contributed by atoms with Crippen molar-refractivity contribution in [1.29, 1.82) is 0 Å². The molecule has 4 N–H and O–H groups in total. The van der Waals surface area contributed by atoms with Crippen LogP contribution < -0.4 is 22.2 Å². The Labute approximate surface area is 123 Å². The molecule has 21 heavy (non-hydrogen) atoms. The molecule has 2 rings (SSSR count). The molecule has 1 heterocycles. The summed E-state index contributed by atoms with van der Waals surface area (Å²) >= 11 is 4.61. The highest BCUT2D eigenvalue weighted by Gasteiger charge is 2.12. The predicted octanol–water partition coefficient (Wildman–Crippen LogP) is 1.01. The molecule has 108 valence electrons. The molecule has 0 amide bonds. The van der Waals surface area contributed by atoms with Gasteiger partial charge in [0.1, 0.15) is 5.58 Å². The zero-order chi connectivity index (χ0) is 15.6. The molecule has 0 spiro atoms. The first-order valence-electron chi connectivity index (χ1n) is 5.61. The van der Waals surface area contributed by atoms with E-state index in [4.69, 9.17) is 10.2 Å². The smallest absolute Gasteiger partial charge is 0.345 e. The molecule has 9 heteroatoms. The number of hydrogen-bond acceptors (Lipinski definition) is 6. The van der Waals surface area contributed by atoms with Crippen LogP contribution in [0.15, 0.2) is 40.1 Å². The number of rotatable bonds is 4. The Hall–Kier alpha value is -2.94. The maximum atomic E-state index is 11.8. The van der Waals surface area contributed by atoms with Crippen LogP contribution >= 0.6 is 12.2 Å². The number of nitro groups is 1. The van der Waals surface area contributed by atoms with E-state index in [1.54, 1.807) is 0 Å². The Morgan fingerprint density at radius 2 is 2.10 bits per heavy atom. The summed E-state index contributed by atoms with van der Waals surface area (Å²) in [5, 5.41) is 11.1. The lowest BCUT2D eigenvalue weighted by atomic mass is 10.1. The molecule has 0 aliphatic rings. The molecular weight excluding hydrogens is 296 g/mol. The lowest BCUT2D eigenvalue weighted by Crippen LogP contribution is -2.40. The van der Waals surface area contributed by atoms with Crippen LogP contribution in [-0.2, 0) is 0 Å². The number of non-ortho nitro benzene ring substituents is 1. The summed E-state index contributed by atoms with van der Waals surface area (Å²) in [6, 6.07) is 5.36. The van der Waals surface area contributed by atoms with E-state index in [-0.39, 0.29) is 27.6 Å². The number of nitrogens with two attached hydrogens (primary N) is 1. The van der Waals surface area contributed by atoms with Gasteiger partial charge in [0.05, 0.1) is 16.2 Å². The Morgan fingerprint density at radius 1 is 1.38 bits per heavy atom. The molecule has 0 aliphatic carbocycles. The van der Waals surface area contributed by atoms with E-state index in [2.05, 4.69) is 29.6 Å². The monoisotopic (exact) mass is 306 g/mol. The number of hydrazine groups is 1. The molecule has 2 aromatic rings. The number of nitrogens with zero attached hydrogens (tertiary/aromatic N) is 1. The van der Waals surface area contributed by atoms with Gasteiger partial charge < -0.3 is 10.2 Å². The fraction of sp³-hybridized carbons (Fsp3) is 0. The van der Waals surface area contributed by atoms with Crippen LogP contribution in [0.5, 0.6) is 0 Å². The van der Waals surface area contributed by atoms with E-state index in [0.29, 0.717) is 5.39 Å². The van der Waals surface area contributed by atoms with Crippen LogP contribution in [0.1, 0.15) is 5.56 Å². The van der Waals surface area contributed by atoms with Crippen molar-refractivity contribution in [3.63, 3.8) is 0 Å². The van der Waals surface area contributed by atoms with Gasteiger partial charge in [-0.05, 0) is 24.4 Å². The van der Waals surface area contributed by atoms with Gasteiger partial charge in [0.25, 0.3) is 5.69 Å². The zero-order valence-electron chi connectivity index (χ0n) is 10.6. The SMILES string of the molecule is C=C(NNC(N)=S)c1cc2cc([N+](=O)[O-])ccc2oc1=O. The molecule has 0 saturated carbocycles. The van der Waals surface area contributed by atoms with Gasteiger partial charge in [0.15, 0.2) is 5.11 Å². The normalized spacial score (nSPS) is 10.1. The maximum absolute atomic E-state index is 11.8. The number of fused-ring (bicyclic) bond motifs is 1. The molecule has 0 aliphatic heterocycles. The third-order valence-corrected chi connectivity index (χ3v) is 2.69. The average molecular weight is 306 g/mol.